The number of nitrogens with one attached hydrogen (secondary N) is 1. The first kappa shape index (κ1) is 22.2. The number of hydrogen-bond acceptors (Lipinski definition) is 5. The highest BCUT2D eigenvalue weighted by Gasteiger charge is 2.15. The Morgan fingerprint density at radius 3 is 2.46 bits per heavy atom. The van der Waals surface area contributed by atoms with Crippen LogP contribution in [0.1, 0.15) is 18.9 Å². The van der Waals surface area contributed by atoms with Crippen LogP contribution in [-0.2, 0) is 20.5 Å². The number of aromatic nitrogens is 2. The van der Waals surface area contributed by atoms with E-state index < -0.39 is 6.10 Å². The van der Waals surface area contributed by atoms with Crippen LogP contribution in [-0.4, -0.2) is 46.5 Å². The van der Waals surface area contributed by atoms with Gasteiger partial charge in [0.15, 0.2) is 0 Å². The molecular weight excluding hydrogens is 380 g/mol. The molecule has 1 aromatic carbocycles. The molecule has 0 aliphatic carbocycles. The molecule has 0 bridgehead atoms. The topological polar surface area (TPSA) is 79.5 Å². The van der Waals surface area contributed by atoms with Crippen molar-refractivity contribution in [1.82, 2.24) is 14.5 Å². The molecule has 0 aliphatic rings. The standard InChI is InChI=1S/C20H29ClN4O3/c1-15(26)14-25(18-13-19(27)24(3)20(28)23(18)2)12-11-22-10-4-5-16-6-8-17(21)9-7-16/h6-9,13,15,22,26H,4-5,10-12,14H2,1-3H3. The Bertz CT molecular complexity index is 875. The molecule has 0 radical (unpaired) electrons. The van der Waals surface area contributed by atoms with Gasteiger partial charge in [-0.1, -0.05) is 23.7 Å². The van der Waals surface area contributed by atoms with Crippen LogP contribution in [0.4, 0.5) is 5.82 Å². The van der Waals surface area contributed by atoms with Crippen LogP contribution in [0, 0.1) is 0 Å². The third-order valence-electron chi connectivity index (χ3n) is 4.60. The molecule has 7 nitrogen and oxygen atoms in total. The molecule has 1 heterocycles. The predicted molar refractivity (Wildman–Crippen MR) is 113 cm³/mol. The first-order valence-electron chi connectivity index (χ1n) is 9.45. The average molecular weight is 409 g/mol. The van der Waals surface area contributed by atoms with Crippen molar-refractivity contribution < 1.29 is 5.11 Å². The van der Waals surface area contributed by atoms with E-state index in [1.54, 1.807) is 14.0 Å². The van der Waals surface area contributed by atoms with Crippen LogP contribution >= 0.6 is 11.6 Å². The maximum absolute atomic E-state index is 12.2. The van der Waals surface area contributed by atoms with Crippen molar-refractivity contribution in [3.8, 4) is 0 Å². The Labute approximate surface area is 170 Å². The molecule has 2 N–H and O–H groups in total. The molecule has 2 rings (SSSR count). The normalized spacial score (nSPS) is 12.2. The summed E-state index contributed by atoms with van der Waals surface area (Å²) in [6.45, 7) is 4.13. The van der Waals surface area contributed by atoms with Crippen LogP contribution < -0.4 is 21.5 Å². The smallest absolute Gasteiger partial charge is 0.332 e. The summed E-state index contributed by atoms with van der Waals surface area (Å²) >= 11 is 5.89. The molecule has 0 aliphatic heterocycles. The lowest BCUT2D eigenvalue weighted by atomic mass is 10.1. The van der Waals surface area contributed by atoms with Crippen LogP contribution in [0.15, 0.2) is 39.9 Å². The number of halogens is 1. The molecule has 0 amide bonds. The van der Waals surface area contributed by atoms with Gasteiger partial charge in [0, 0.05) is 44.8 Å². The van der Waals surface area contributed by atoms with E-state index in [1.807, 2.05) is 29.2 Å². The number of rotatable bonds is 10. The number of aliphatic hydroxyl groups is 1. The molecule has 1 aromatic heterocycles. The van der Waals surface area contributed by atoms with Gasteiger partial charge >= 0.3 is 5.69 Å². The van der Waals surface area contributed by atoms with E-state index in [0.717, 1.165) is 29.0 Å². The van der Waals surface area contributed by atoms with E-state index >= 15 is 0 Å². The second kappa shape index (κ2) is 10.5. The van der Waals surface area contributed by atoms with Crippen LogP contribution in [0.25, 0.3) is 0 Å². The molecule has 8 heteroatoms. The number of hydrogen-bond donors (Lipinski definition) is 2. The Morgan fingerprint density at radius 1 is 1.14 bits per heavy atom. The summed E-state index contributed by atoms with van der Waals surface area (Å²) in [6, 6.07) is 9.29. The lowest BCUT2D eigenvalue weighted by Gasteiger charge is -2.28. The summed E-state index contributed by atoms with van der Waals surface area (Å²) in [4.78, 5) is 26.1. The summed E-state index contributed by atoms with van der Waals surface area (Å²) in [5, 5.41) is 13.9. The zero-order valence-corrected chi connectivity index (χ0v) is 17.4. The van der Waals surface area contributed by atoms with Gasteiger partial charge in [-0.3, -0.25) is 13.9 Å². The minimum atomic E-state index is -0.580. The molecular formula is C20H29ClN4O3. The van der Waals surface area contributed by atoms with E-state index in [-0.39, 0.29) is 11.2 Å². The zero-order chi connectivity index (χ0) is 20.7. The van der Waals surface area contributed by atoms with Crippen molar-refractivity contribution in [2.45, 2.75) is 25.9 Å². The molecule has 28 heavy (non-hydrogen) atoms. The Kier molecular flexibility index (Phi) is 8.29. The summed E-state index contributed by atoms with van der Waals surface area (Å²) in [5.74, 6) is 0.511. The van der Waals surface area contributed by atoms with E-state index in [2.05, 4.69) is 5.32 Å². The van der Waals surface area contributed by atoms with Crippen molar-refractivity contribution in [3.05, 3.63) is 61.8 Å². The van der Waals surface area contributed by atoms with Gasteiger partial charge in [0.05, 0.1) is 6.10 Å². The zero-order valence-electron chi connectivity index (χ0n) is 16.7. The summed E-state index contributed by atoms with van der Waals surface area (Å²) in [5.41, 5.74) is 0.510. The largest absolute Gasteiger partial charge is 0.392 e. The Morgan fingerprint density at radius 2 is 1.82 bits per heavy atom. The summed E-state index contributed by atoms with van der Waals surface area (Å²) < 4.78 is 2.50. The average Bonchev–Trinajstić information content (AvgIpc) is 2.66. The van der Waals surface area contributed by atoms with E-state index in [4.69, 9.17) is 11.6 Å². The van der Waals surface area contributed by atoms with E-state index in [9.17, 15) is 14.7 Å². The summed E-state index contributed by atoms with van der Waals surface area (Å²) in [6.07, 6.45) is 1.37. The van der Waals surface area contributed by atoms with Gasteiger partial charge in [0.25, 0.3) is 5.56 Å². The highest BCUT2D eigenvalue weighted by atomic mass is 35.5. The first-order valence-corrected chi connectivity index (χ1v) is 9.82. The fourth-order valence-corrected chi connectivity index (χ4v) is 3.18. The molecule has 154 valence electrons. The van der Waals surface area contributed by atoms with Crippen molar-refractivity contribution in [2.24, 2.45) is 14.1 Å². The lowest BCUT2D eigenvalue weighted by molar-refractivity contribution is 0.199. The van der Waals surface area contributed by atoms with Gasteiger partial charge in [-0.2, -0.15) is 0 Å². The van der Waals surface area contributed by atoms with Crippen molar-refractivity contribution in [3.63, 3.8) is 0 Å². The number of nitrogens with zero attached hydrogens (tertiary/aromatic N) is 3. The van der Waals surface area contributed by atoms with Crippen molar-refractivity contribution >= 4 is 17.4 Å². The third kappa shape index (κ3) is 6.22. The van der Waals surface area contributed by atoms with Gasteiger partial charge < -0.3 is 15.3 Å². The second-order valence-corrected chi connectivity index (χ2v) is 7.45. The first-order chi connectivity index (χ1) is 13.3. The van der Waals surface area contributed by atoms with Gasteiger partial charge in [0.2, 0.25) is 0 Å². The fourth-order valence-electron chi connectivity index (χ4n) is 3.05. The molecule has 1 unspecified atom stereocenters. The molecule has 0 saturated heterocycles. The molecule has 1 atom stereocenters. The highest BCUT2D eigenvalue weighted by Crippen LogP contribution is 2.11. The minimum Gasteiger partial charge on any atom is -0.392 e. The SMILES string of the molecule is CC(O)CN(CCNCCCc1ccc(Cl)cc1)c1cc(=O)n(C)c(=O)n1C. The predicted octanol–water partition coefficient (Wildman–Crippen LogP) is 1.15. The van der Waals surface area contributed by atoms with Crippen LogP contribution in [0.5, 0.6) is 0 Å². The molecule has 0 fully saturated rings. The molecule has 0 saturated carbocycles. The maximum Gasteiger partial charge on any atom is 0.332 e. The van der Waals surface area contributed by atoms with Crippen molar-refractivity contribution in [2.75, 3.05) is 31.1 Å². The van der Waals surface area contributed by atoms with Gasteiger partial charge in [-0.25, -0.2) is 4.79 Å². The van der Waals surface area contributed by atoms with Crippen molar-refractivity contribution in [1.29, 1.82) is 0 Å². The minimum absolute atomic E-state index is 0.340. The van der Waals surface area contributed by atoms with E-state index in [0.29, 0.717) is 25.5 Å². The number of aliphatic hydroxyl groups excluding tert-OH is 1. The van der Waals surface area contributed by atoms with Gasteiger partial charge in [0.1, 0.15) is 5.82 Å². The lowest BCUT2D eigenvalue weighted by Crippen LogP contribution is -2.44. The summed E-state index contributed by atoms with van der Waals surface area (Å²) in [7, 11) is 3.08. The maximum atomic E-state index is 12.2. The van der Waals surface area contributed by atoms with Gasteiger partial charge in [-0.15, -0.1) is 0 Å². The Balaban J connectivity index is 1.90. The number of benzene rings is 1. The molecule has 2 aromatic rings. The van der Waals surface area contributed by atoms with Gasteiger partial charge in [-0.05, 0) is 44.0 Å². The number of aryl methyl sites for hydroxylation is 1. The second-order valence-electron chi connectivity index (χ2n) is 7.02. The fraction of sp³-hybridized carbons (Fsp3) is 0.500. The Hall–Kier alpha value is -2.09. The van der Waals surface area contributed by atoms with Crippen LogP contribution in [0.2, 0.25) is 5.02 Å². The number of anilines is 1. The molecule has 0 spiro atoms. The third-order valence-corrected chi connectivity index (χ3v) is 4.85. The highest BCUT2D eigenvalue weighted by molar-refractivity contribution is 6.30. The van der Waals surface area contributed by atoms with E-state index in [1.165, 1.54) is 23.2 Å². The van der Waals surface area contributed by atoms with Crippen LogP contribution in [0.3, 0.4) is 0 Å². The quantitative estimate of drug-likeness (QED) is 0.576. The monoisotopic (exact) mass is 408 g/mol.